The van der Waals surface area contributed by atoms with Crippen molar-refractivity contribution in [3.05, 3.63) is 0 Å². The van der Waals surface area contributed by atoms with Gasteiger partial charge in [0, 0.05) is 47.8 Å². The van der Waals surface area contributed by atoms with E-state index in [1.54, 1.807) is 0 Å². The van der Waals surface area contributed by atoms with Crippen LogP contribution in [0.5, 0.6) is 0 Å². The predicted octanol–water partition coefficient (Wildman–Crippen LogP) is 4.76. The normalized spacial score (nSPS) is 27.6. The molecule has 0 bridgehead atoms. The van der Waals surface area contributed by atoms with Crippen LogP contribution in [0.3, 0.4) is 0 Å². The Morgan fingerprint density at radius 2 is 1.29 bits per heavy atom. The lowest BCUT2D eigenvalue weighted by Crippen LogP contribution is -2.41. The van der Waals surface area contributed by atoms with Gasteiger partial charge in [-0.25, -0.2) is 0 Å². The monoisotopic (exact) mass is 394 g/mol. The minimum atomic E-state index is 0.189. The number of ketones is 2. The van der Waals surface area contributed by atoms with Gasteiger partial charge in [-0.2, -0.15) is 0 Å². The Morgan fingerprint density at radius 3 is 1.79 bits per heavy atom. The molecule has 28 heavy (non-hydrogen) atoms. The second kappa shape index (κ2) is 12.1. The van der Waals surface area contributed by atoms with E-state index in [-0.39, 0.29) is 17.8 Å². The van der Waals surface area contributed by atoms with Crippen molar-refractivity contribution >= 4 is 11.6 Å². The lowest BCUT2D eigenvalue weighted by atomic mass is 9.91. The van der Waals surface area contributed by atoms with Gasteiger partial charge in [0.15, 0.2) is 0 Å². The van der Waals surface area contributed by atoms with E-state index in [1.165, 1.54) is 19.3 Å². The first-order valence-electron chi connectivity index (χ1n) is 11.6. The van der Waals surface area contributed by atoms with E-state index < -0.39 is 0 Å². The summed E-state index contributed by atoms with van der Waals surface area (Å²) in [5.41, 5.74) is 0. The molecule has 2 saturated carbocycles. The van der Waals surface area contributed by atoms with Crippen molar-refractivity contribution < 1.29 is 9.59 Å². The van der Waals surface area contributed by atoms with E-state index >= 15 is 0 Å². The quantitative estimate of drug-likeness (QED) is 0.623. The summed E-state index contributed by atoms with van der Waals surface area (Å²) in [6, 6.07) is 2.03. The molecule has 4 atom stereocenters. The summed E-state index contributed by atoms with van der Waals surface area (Å²) in [5.74, 6) is 1.90. The smallest absolute Gasteiger partial charge is 0.140 e. The number of carbonyl (C=O) groups excluding carboxylic acids is 2. The van der Waals surface area contributed by atoms with Crippen molar-refractivity contribution in [1.29, 1.82) is 0 Å². The summed E-state index contributed by atoms with van der Waals surface area (Å²) in [6.45, 7) is 16.6. The molecule has 0 amide bonds. The summed E-state index contributed by atoms with van der Waals surface area (Å²) in [7, 11) is 0. The predicted molar refractivity (Wildman–Crippen MR) is 118 cm³/mol. The van der Waals surface area contributed by atoms with Gasteiger partial charge in [-0.3, -0.25) is 9.59 Å². The Bertz CT molecular complexity index is 485. The third-order valence-corrected chi connectivity index (χ3v) is 5.97. The number of rotatable bonds is 8. The zero-order valence-corrected chi connectivity index (χ0v) is 19.7. The SMILES string of the molecule is CC(C)NC1CCC(C(=O)C(C)C)C1.CC(C)NC1CCCC1C(=O)C(C)C. The molecule has 0 aliphatic heterocycles. The van der Waals surface area contributed by atoms with Crippen molar-refractivity contribution in [2.45, 2.75) is 118 Å². The summed E-state index contributed by atoms with van der Waals surface area (Å²) in [4.78, 5) is 23.6. The van der Waals surface area contributed by atoms with Crippen LogP contribution in [0.25, 0.3) is 0 Å². The highest BCUT2D eigenvalue weighted by atomic mass is 16.1. The van der Waals surface area contributed by atoms with Gasteiger partial charge in [-0.15, -0.1) is 0 Å². The fourth-order valence-electron chi connectivity index (χ4n) is 4.69. The maximum absolute atomic E-state index is 11.9. The van der Waals surface area contributed by atoms with Crippen molar-refractivity contribution in [2.24, 2.45) is 23.7 Å². The van der Waals surface area contributed by atoms with Gasteiger partial charge in [0.2, 0.25) is 0 Å². The zero-order valence-electron chi connectivity index (χ0n) is 19.7. The molecule has 2 aliphatic rings. The fourth-order valence-corrected chi connectivity index (χ4v) is 4.69. The highest BCUT2D eigenvalue weighted by Gasteiger charge is 2.34. The molecule has 0 spiro atoms. The number of carbonyl (C=O) groups is 2. The molecule has 0 aromatic heterocycles. The van der Waals surface area contributed by atoms with E-state index in [1.807, 2.05) is 27.7 Å². The Labute approximate surface area is 174 Å². The maximum Gasteiger partial charge on any atom is 0.140 e. The molecule has 0 aromatic rings. The largest absolute Gasteiger partial charge is 0.312 e. The van der Waals surface area contributed by atoms with Gasteiger partial charge in [0.1, 0.15) is 11.6 Å². The van der Waals surface area contributed by atoms with E-state index in [0.29, 0.717) is 41.7 Å². The van der Waals surface area contributed by atoms with Crippen molar-refractivity contribution in [1.82, 2.24) is 10.6 Å². The van der Waals surface area contributed by atoms with E-state index in [0.717, 1.165) is 19.3 Å². The molecule has 2 rings (SSSR count). The Balaban J connectivity index is 0.000000280. The summed E-state index contributed by atoms with van der Waals surface area (Å²) in [5, 5.41) is 7.02. The molecule has 0 aromatic carbocycles. The molecular formula is C24H46N2O2. The molecule has 4 unspecified atom stereocenters. The van der Waals surface area contributed by atoms with Crippen LogP contribution in [0.1, 0.15) is 93.9 Å². The summed E-state index contributed by atoms with van der Waals surface area (Å²) in [6.07, 6.45) is 6.76. The molecule has 164 valence electrons. The summed E-state index contributed by atoms with van der Waals surface area (Å²) >= 11 is 0. The average Bonchev–Trinajstić information content (AvgIpc) is 3.22. The number of hydrogen-bond acceptors (Lipinski definition) is 4. The van der Waals surface area contributed by atoms with Gasteiger partial charge in [-0.1, -0.05) is 61.8 Å². The van der Waals surface area contributed by atoms with Gasteiger partial charge in [0.05, 0.1) is 0 Å². The van der Waals surface area contributed by atoms with Crippen molar-refractivity contribution in [3.63, 3.8) is 0 Å². The second-order valence-electron chi connectivity index (χ2n) is 10.1. The molecule has 4 nitrogen and oxygen atoms in total. The van der Waals surface area contributed by atoms with E-state index in [2.05, 4.69) is 38.3 Å². The maximum atomic E-state index is 11.9. The van der Waals surface area contributed by atoms with Gasteiger partial charge >= 0.3 is 0 Å². The Kier molecular flexibility index (Phi) is 10.9. The molecule has 0 heterocycles. The van der Waals surface area contributed by atoms with Crippen LogP contribution in [-0.4, -0.2) is 35.7 Å². The van der Waals surface area contributed by atoms with Crippen molar-refractivity contribution in [2.75, 3.05) is 0 Å². The fraction of sp³-hybridized carbons (Fsp3) is 0.917. The first-order valence-corrected chi connectivity index (χ1v) is 11.6. The Morgan fingerprint density at radius 1 is 0.714 bits per heavy atom. The lowest BCUT2D eigenvalue weighted by molar-refractivity contribution is -0.126. The number of Topliss-reactive ketones (excluding diaryl/α,β-unsaturated/α-hetero) is 2. The molecule has 0 radical (unpaired) electrons. The lowest BCUT2D eigenvalue weighted by Gasteiger charge is -2.23. The first-order chi connectivity index (χ1) is 13.0. The molecule has 2 fully saturated rings. The molecular weight excluding hydrogens is 348 g/mol. The average molecular weight is 395 g/mol. The minimum Gasteiger partial charge on any atom is -0.312 e. The van der Waals surface area contributed by atoms with Crippen LogP contribution in [0.4, 0.5) is 0 Å². The number of hydrogen-bond donors (Lipinski definition) is 2. The molecule has 0 saturated heterocycles. The second-order valence-corrected chi connectivity index (χ2v) is 10.1. The minimum absolute atomic E-state index is 0.189. The molecule has 4 heteroatoms. The Hall–Kier alpha value is -0.740. The van der Waals surface area contributed by atoms with Crippen LogP contribution in [0.2, 0.25) is 0 Å². The number of nitrogens with one attached hydrogen (secondary N) is 2. The highest BCUT2D eigenvalue weighted by Crippen LogP contribution is 2.29. The van der Waals surface area contributed by atoms with E-state index in [4.69, 9.17) is 0 Å². The van der Waals surface area contributed by atoms with Crippen LogP contribution in [0, 0.1) is 23.7 Å². The van der Waals surface area contributed by atoms with Crippen LogP contribution >= 0.6 is 0 Å². The first kappa shape index (κ1) is 25.3. The van der Waals surface area contributed by atoms with Gasteiger partial charge in [0.25, 0.3) is 0 Å². The van der Waals surface area contributed by atoms with Crippen LogP contribution in [-0.2, 0) is 9.59 Å². The standard InChI is InChI=1S/2C12H23NO/c1-8(2)12(14)10-5-6-11(7-10)13-9(3)4;1-8(2)12(14)10-6-5-7-11(10)13-9(3)4/h2*8-11,13H,5-7H2,1-4H3. The highest BCUT2D eigenvalue weighted by molar-refractivity contribution is 5.84. The summed E-state index contributed by atoms with van der Waals surface area (Å²) < 4.78 is 0. The van der Waals surface area contributed by atoms with E-state index in [9.17, 15) is 9.59 Å². The van der Waals surface area contributed by atoms with Gasteiger partial charge < -0.3 is 10.6 Å². The van der Waals surface area contributed by atoms with Crippen LogP contribution < -0.4 is 10.6 Å². The third kappa shape index (κ3) is 8.32. The zero-order chi connectivity index (χ0) is 21.4. The topological polar surface area (TPSA) is 58.2 Å². The third-order valence-electron chi connectivity index (χ3n) is 5.97. The van der Waals surface area contributed by atoms with Crippen LogP contribution in [0.15, 0.2) is 0 Å². The van der Waals surface area contributed by atoms with Gasteiger partial charge in [-0.05, 0) is 32.1 Å². The molecule has 2 aliphatic carbocycles. The van der Waals surface area contributed by atoms with Crippen molar-refractivity contribution in [3.8, 4) is 0 Å². The molecule has 2 N–H and O–H groups in total.